The van der Waals surface area contributed by atoms with Crippen molar-refractivity contribution in [2.75, 3.05) is 32.1 Å². The number of likely N-dealkylation sites (tertiary alicyclic amines) is 1. The van der Waals surface area contributed by atoms with Gasteiger partial charge in [0.25, 0.3) is 0 Å². The van der Waals surface area contributed by atoms with Crippen molar-refractivity contribution in [3.8, 4) is 5.75 Å². The third-order valence-electron chi connectivity index (χ3n) is 8.84. The van der Waals surface area contributed by atoms with E-state index in [1.54, 1.807) is 42.6 Å². The number of nitrogens with zero attached hydrogens (tertiary/aromatic N) is 3. The Balaban J connectivity index is 0.000000215. The highest BCUT2D eigenvalue weighted by molar-refractivity contribution is 7.89. The summed E-state index contributed by atoms with van der Waals surface area (Å²) in [5, 5.41) is 0. The van der Waals surface area contributed by atoms with Crippen molar-refractivity contribution >= 4 is 21.6 Å². The summed E-state index contributed by atoms with van der Waals surface area (Å²) in [6.45, 7) is 7.54. The number of aryl methyl sites for hydroxylation is 1. The molecule has 2 aliphatic heterocycles. The van der Waals surface area contributed by atoms with E-state index >= 15 is 0 Å². The average Bonchev–Trinajstić information content (AvgIpc) is 3.04. The fraction of sp³-hybridized carbons (Fsp3) is 0.457. The molecule has 43 heavy (non-hydrogen) atoms. The van der Waals surface area contributed by atoms with E-state index in [2.05, 4.69) is 49.2 Å². The van der Waals surface area contributed by atoms with E-state index < -0.39 is 10.0 Å². The van der Waals surface area contributed by atoms with Crippen LogP contribution in [0.25, 0.3) is 0 Å². The standard InChI is InChI=1S/C21H27NO3S.C14H20N2O/c1-4-18-9-6-10-21(17-8-5-7-16(2)15-17)22(18)26(23,24)20-13-11-19(25-3)12-14-20;1-12(17)16-10-8-14(9-11-16)15(2)13-6-4-3-5-7-13/h5,7-8,11-15,18,21H,4,6,9-10H2,1-3H3;3-7,14H,8-11H2,1-2H3/t18-,21?;/m0./s1. The molecule has 1 unspecified atom stereocenters. The molecule has 0 N–H and O–H groups in total. The molecule has 3 aromatic carbocycles. The first kappa shape index (κ1) is 32.6. The van der Waals surface area contributed by atoms with E-state index in [0.29, 0.717) is 16.7 Å². The molecule has 2 fully saturated rings. The number of carbonyl (C=O) groups is 1. The summed E-state index contributed by atoms with van der Waals surface area (Å²) in [4.78, 5) is 15.9. The number of rotatable bonds is 7. The highest BCUT2D eigenvalue weighted by atomic mass is 32.2. The molecule has 2 saturated heterocycles. The lowest BCUT2D eigenvalue weighted by molar-refractivity contribution is -0.129. The van der Waals surface area contributed by atoms with Crippen molar-refractivity contribution in [2.45, 2.75) is 82.3 Å². The Bertz CT molecular complexity index is 1420. The van der Waals surface area contributed by atoms with Crippen molar-refractivity contribution in [3.05, 3.63) is 90.0 Å². The molecule has 0 aromatic heterocycles. The molecule has 8 heteroatoms. The number of carbonyl (C=O) groups excluding carboxylic acids is 1. The van der Waals surface area contributed by atoms with Crippen LogP contribution in [0.1, 0.15) is 69.5 Å². The lowest BCUT2D eigenvalue weighted by Gasteiger charge is -2.41. The number of ether oxygens (including phenoxy) is 1. The van der Waals surface area contributed by atoms with E-state index in [9.17, 15) is 13.2 Å². The summed E-state index contributed by atoms with van der Waals surface area (Å²) in [6, 6.07) is 25.8. The van der Waals surface area contributed by atoms with Gasteiger partial charge in [0, 0.05) is 44.8 Å². The number of piperidine rings is 2. The molecule has 7 nitrogen and oxygen atoms in total. The van der Waals surface area contributed by atoms with Gasteiger partial charge in [-0.3, -0.25) is 4.79 Å². The summed E-state index contributed by atoms with van der Waals surface area (Å²) in [7, 11) is 0.140. The van der Waals surface area contributed by atoms with Gasteiger partial charge in [0.1, 0.15) is 5.75 Å². The highest BCUT2D eigenvalue weighted by Crippen LogP contribution is 2.40. The number of amides is 1. The molecular weight excluding hydrogens is 558 g/mol. The molecule has 0 bridgehead atoms. The van der Waals surface area contributed by atoms with Gasteiger partial charge in [-0.15, -0.1) is 0 Å². The minimum atomic E-state index is -3.58. The summed E-state index contributed by atoms with van der Waals surface area (Å²) in [5.41, 5.74) is 3.50. The maximum atomic E-state index is 13.5. The van der Waals surface area contributed by atoms with Crippen LogP contribution >= 0.6 is 0 Å². The highest BCUT2D eigenvalue weighted by Gasteiger charge is 2.39. The fourth-order valence-corrected chi connectivity index (χ4v) is 8.24. The number of methoxy groups -OCH3 is 1. The zero-order valence-electron chi connectivity index (χ0n) is 26.3. The third-order valence-corrected chi connectivity index (χ3v) is 10.8. The Morgan fingerprint density at radius 1 is 0.930 bits per heavy atom. The van der Waals surface area contributed by atoms with Gasteiger partial charge in [0.15, 0.2) is 0 Å². The molecule has 5 rings (SSSR count). The van der Waals surface area contributed by atoms with Gasteiger partial charge in [0.2, 0.25) is 15.9 Å². The van der Waals surface area contributed by atoms with Gasteiger partial charge in [-0.1, -0.05) is 55.0 Å². The van der Waals surface area contributed by atoms with Crippen LogP contribution in [0, 0.1) is 6.92 Å². The Hall–Kier alpha value is -3.36. The Morgan fingerprint density at radius 3 is 2.19 bits per heavy atom. The largest absolute Gasteiger partial charge is 0.497 e. The lowest BCUT2D eigenvalue weighted by Crippen LogP contribution is -2.45. The van der Waals surface area contributed by atoms with Crippen LogP contribution in [-0.2, 0) is 14.8 Å². The molecule has 1 amide bonds. The van der Waals surface area contributed by atoms with E-state index in [1.807, 2.05) is 36.1 Å². The molecule has 2 atom stereocenters. The molecule has 2 aliphatic rings. The molecule has 232 valence electrons. The summed E-state index contributed by atoms with van der Waals surface area (Å²) >= 11 is 0. The second kappa shape index (κ2) is 14.9. The average molecular weight is 606 g/mol. The van der Waals surface area contributed by atoms with E-state index in [4.69, 9.17) is 4.74 Å². The first-order valence-corrected chi connectivity index (χ1v) is 16.9. The van der Waals surface area contributed by atoms with Crippen LogP contribution in [0.3, 0.4) is 0 Å². The minimum Gasteiger partial charge on any atom is -0.497 e. The third kappa shape index (κ3) is 7.98. The van der Waals surface area contributed by atoms with Crippen LogP contribution in [-0.4, -0.2) is 62.9 Å². The predicted molar refractivity (Wildman–Crippen MR) is 174 cm³/mol. The number of hydrogen-bond donors (Lipinski definition) is 0. The molecule has 0 saturated carbocycles. The second-order valence-electron chi connectivity index (χ2n) is 11.6. The summed E-state index contributed by atoms with van der Waals surface area (Å²) in [6.07, 6.45) is 5.75. The van der Waals surface area contributed by atoms with Crippen LogP contribution in [0.5, 0.6) is 5.75 Å². The number of hydrogen-bond acceptors (Lipinski definition) is 5. The van der Waals surface area contributed by atoms with E-state index in [1.165, 1.54) is 5.69 Å². The molecule has 0 radical (unpaired) electrons. The smallest absolute Gasteiger partial charge is 0.243 e. The van der Waals surface area contributed by atoms with Gasteiger partial charge in [-0.25, -0.2) is 8.42 Å². The normalized spacial score (nSPS) is 19.7. The molecule has 0 spiro atoms. The lowest BCUT2D eigenvalue weighted by atomic mass is 9.92. The van der Waals surface area contributed by atoms with Gasteiger partial charge in [-0.2, -0.15) is 4.31 Å². The molecular formula is C35H47N3O4S. The van der Waals surface area contributed by atoms with Gasteiger partial charge in [0.05, 0.1) is 18.0 Å². The molecule has 3 aromatic rings. The summed E-state index contributed by atoms with van der Waals surface area (Å²) in [5.74, 6) is 0.857. The van der Waals surface area contributed by atoms with Crippen LogP contribution < -0.4 is 9.64 Å². The topological polar surface area (TPSA) is 70.2 Å². The van der Waals surface area contributed by atoms with Crippen molar-refractivity contribution in [2.24, 2.45) is 0 Å². The quantitative estimate of drug-likeness (QED) is 0.295. The SMILES string of the molecule is CC(=O)N1CCC(N(C)c2ccccc2)CC1.CC[C@H]1CCCC(c2cccc(C)c2)N1S(=O)(=O)c1ccc(OC)cc1. The van der Waals surface area contributed by atoms with Gasteiger partial charge >= 0.3 is 0 Å². The van der Waals surface area contributed by atoms with E-state index in [0.717, 1.165) is 62.7 Å². The summed E-state index contributed by atoms with van der Waals surface area (Å²) < 4.78 is 33.9. The first-order chi connectivity index (χ1) is 20.6. The van der Waals surface area contributed by atoms with Crippen molar-refractivity contribution in [1.29, 1.82) is 0 Å². The van der Waals surface area contributed by atoms with Crippen molar-refractivity contribution < 1.29 is 17.9 Å². The van der Waals surface area contributed by atoms with Crippen LogP contribution in [0.2, 0.25) is 0 Å². The number of para-hydroxylation sites is 1. The number of benzene rings is 3. The Kier molecular flexibility index (Phi) is 11.3. The van der Waals surface area contributed by atoms with Gasteiger partial charge < -0.3 is 14.5 Å². The zero-order chi connectivity index (χ0) is 31.0. The van der Waals surface area contributed by atoms with Crippen molar-refractivity contribution in [3.63, 3.8) is 0 Å². The van der Waals surface area contributed by atoms with Crippen molar-refractivity contribution in [1.82, 2.24) is 9.21 Å². The maximum Gasteiger partial charge on any atom is 0.243 e. The van der Waals surface area contributed by atoms with Gasteiger partial charge in [-0.05, 0) is 87.4 Å². The minimum absolute atomic E-state index is 0.0290. The van der Waals surface area contributed by atoms with Crippen LogP contribution in [0.4, 0.5) is 5.69 Å². The zero-order valence-corrected chi connectivity index (χ0v) is 27.1. The first-order valence-electron chi connectivity index (χ1n) is 15.4. The Labute approximate surface area is 258 Å². The maximum absolute atomic E-state index is 13.5. The van der Waals surface area contributed by atoms with E-state index in [-0.39, 0.29) is 18.0 Å². The fourth-order valence-electron chi connectivity index (χ4n) is 6.31. The van der Waals surface area contributed by atoms with Crippen LogP contribution in [0.15, 0.2) is 83.8 Å². The molecule has 0 aliphatic carbocycles. The molecule has 2 heterocycles. The Morgan fingerprint density at radius 2 is 1.60 bits per heavy atom. The number of anilines is 1. The number of sulfonamides is 1. The predicted octanol–water partition coefficient (Wildman–Crippen LogP) is 6.83. The monoisotopic (exact) mass is 605 g/mol. The second-order valence-corrected chi connectivity index (χ2v) is 13.5.